The molecule has 0 amide bonds. The molecule has 0 saturated carbocycles. The van der Waals surface area contributed by atoms with Crippen LogP contribution in [0.25, 0.3) is 162 Å². The summed E-state index contributed by atoms with van der Waals surface area (Å²) in [6.07, 6.45) is 0.758. The molecule has 0 radical (unpaired) electrons. The van der Waals surface area contributed by atoms with Crippen LogP contribution in [0.15, 0.2) is 458 Å². The lowest BCUT2D eigenvalue weighted by atomic mass is 9.43. The van der Waals surface area contributed by atoms with Gasteiger partial charge < -0.3 is 18.6 Å². The zero-order valence-electron chi connectivity index (χ0n) is 79.8. The predicted octanol–water partition coefficient (Wildman–Crippen LogP) is 37.9. The lowest BCUT2D eigenvalue weighted by molar-refractivity contribution is 0.333. The van der Waals surface area contributed by atoms with E-state index < -0.39 is 0 Å². The fourth-order valence-electron chi connectivity index (χ4n) is 27.5. The van der Waals surface area contributed by atoms with Crippen molar-refractivity contribution in [2.24, 2.45) is 0 Å². The molecule has 4 heterocycles. The topological polar surface area (TPSA) is 32.8 Å². The van der Waals surface area contributed by atoms with Crippen molar-refractivity contribution in [1.82, 2.24) is 0 Å². The van der Waals surface area contributed by atoms with Gasteiger partial charge in [-0.1, -0.05) is 380 Å². The number of anilines is 6. The normalized spacial score (nSPS) is 16.6. The zero-order valence-corrected chi connectivity index (χ0v) is 81.4. The average Bonchev–Trinajstić information content (AvgIpc) is 1.46. The van der Waals surface area contributed by atoms with Crippen molar-refractivity contribution in [3.8, 4) is 77.9 Å². The number of hydrogen-bond donors (Lipinski definition) is 0. The molecule has 1 spiro atoms. The minimum atomic E-state index is -0.353. The van der Waals surface area contributed by atoms with E-state index in [-0.39, 0.29) is 39.9 Å². The lowest BCUT2D eigenvalue weighted by Crippen LogP contribution is -2.52. The largest absolute Gasteiger partial charge is 0.455 e. The van der Waals surface area contributed by atoms with Gasteiger partial charge in [-0.3, -0.25) is 0 Å². The van der Waals surface area contributed by atoms with Gasteiger partial charge in [-0.25, -0.2) is 0 Å². The first kappa shape index (κ1) is 82.0. The molecule has 0 saturated heterocycles. The van der Waals surface area contributed by atoms with Crippen molar-refractivity contribution in [3.05, 3.63) is 538 Å². The van der Waals surface area contributed by atoms with Crippen molar-refractivity contribution in [1.29, 1.82) is 0 Å². The molecule has 7 aliphatic carbocycles. The summed E-state index contributed by atoms with van der Waals surface area (Å²) in [5.41, 5.74) is 48.5. The maximum Gasteiger partial charge on any atom is 0.143 e. The van der Waals surface area contributed by atoms with Gasteiger partial charge in [-0.15, -0.1) is 22.7 Å². The molecule has 7 aliphatic rings. The number of benzene rings is 21. The minimum absolute atomic E-state index is 0.0364. The third-order valence-electron chi connectivity index (χ3n) is 33.7. The highest BCUT2D eigenvalue weighted by atomic mass is 32.1. The van der Waals surface area contributed by atoms with Gasteiger partial charge in [0.15, 0.2) is 0 Å². The van der Waals surface area contributed by atoms with Crippen LogP contribution in [0.1, 0.15) is 140 Å². The molecular weight excluding hydrogens is 1780 g/mol. The van der Waals surface area contributed by atoms with Crippen LogP contribution in [-0.4, -0.2) is 0 Å². The van der Waals surface area contributed by atoms with Crippen LogP contribution in [0.3, 0.4) is 0 Å². The molecule has 0 N–H and O–H groups in total. The van der Waals surface area contributed by atoms with E-state index in [0.717, 1.165) is 101 Å². The Morgan fingerprint density at radius 1 is 0.264 bits per heavy atom. The molecule has 0 fully saturated rings. The molecule has 4 nitrogen and oxygen atoms in total. The van der Waals surface area contributed by atoms with Crippen LogP contribution in [0.4, 0.5) is 34.1 Å². The van der Waals surface area contributed by atoms with E-state index in [4.69, 9.17) is 8.83 Å². The standard InChI is InChI=1S/C138H92N2O2S2/c1-136(2,86-61-67-89(68-62-86)140(90-69-70-96-95-33-12-18-51-114(95)137(3,4)117(96)78-90)119-73-71-91(84-31-24-32-85(77-84)94-45-27-47-106-99-36-17-23-56-122(99)143-133(94)106)126-128(119)130-111-42-14-20-53-116(111)138(130)115-52-19-13-41-110(115)129(126)138)79-80-75-112(132-113(76-80)98-35-16-22-55-121(98)142-132)83-59-65-88(66-60-83)139(87-63-57-82(58-64-87)92-43-25-46-105-97-34-15-21-54-120(97)141-131(92)105)118-74-72-104(125-123-100-37-8-10-39-102(100)124(127(118)125)103-40-11-9-38-101(103)123)107-48-28-50-109-108-49-26-44-93(134(108)144-135(107)109)81-29-6-5-7-30-81/h5-78,123-124,129-130H,79H2,1-4H3. The van der Waals surface area contributed by atoms with E-state index in [0.29, 0.717) is 0 Å². The highest BCUT2D eigenvalue weighted by Crippen LogP contribution is 2.80. The Labute approximate surface area is 843 Å². The van der Waals surface area contributed by atoms with E-state index in [1.165, 1.54) is 191 Å². The Morgan fingerprint density at radius 3 is 1.35 bits per heavy atom. The van der Waals surface area contributed by atoms with Crippen molar-refractivity contribution >= 4 is 141 Å². The fraction of sp³-hybridized carbons (Fsp3) is 0.0870. The molecule has 144 heavy (non-hydrogen) atoms. The molecule has 3 atom stereocenters. The summed E-state index contributed by atoms with van der Waals surface area (Å²) < 4.78 is 19.2. The maximum absolute atomic E-state index is 7.19. The van der Waals surface area contributed by atoms with Crippen molar-refractivity contribution in [2.75, 3.05) is 9.80 Å². The maximum atomic E-state index is 7.19. The van der Waals surface area contributed by atoms with Crippen LogP contribution in [0.2, 0.25) is 0 Å². The molecule has 6 heteroatoms. The molecule has 32 rings (SSSR count). The number of para-hydroxylation sites is 3. The fourth-order valence-corrected chi connectivity index (χ4v) is 30.1. The third-order valence-corrected chi connectivity index (χ3v) is 36.2. The van der Waals surface area contributed by atoms with Gasteiger partial charge >= 0.3 is 0 Å². The average molecular weight is 1870 g/mol. The third kappa shape index (κ3) is 11.5. The van der Waals surface area contributed by atoms with Gasteiger partial charge in [-0.2, -0.15) is 0 Å². The van der Waals surface area contributed by atoms with Crippen molar-refractivity contribution in [3.63, 3.8) is 0 Å². The summed E-state index contributed by atoms with van der Waals surface area (Å²) in [6, 6.07) is 171. The first-order chi connectivity index (χ1) is 70.9. The molecule has 2 bridgehead atoms. The van der Waals surface area contributed by atoms with Crippen molar-refractivity contribution in [2.45, 2.75) is 74.0 Å². The minimum Gasteiger partial charge on any atom is -0.455 e. The SMILES string of the molecule is CC(C)(Cc1cc(-c2ccc(N(c3ccc(-c4cccc5c4oc4ccccc45)cc3)c3ccc(-c4cccc5c4sc4c(-c6ccccc6)cccc45)c4c3C3c5ccccc5C4c4ccccc43)cc2)c2oc3ccccc3c2c1)c1ccc(N(c2ccc3c(c2)C(C)(C)c2ccccc2-3)c2ccc(-c3cccc(-c4cccc5c4sc4ccccc45)c3)c3c2C2c4ccccc4C24c2ccccc2C34)cc1. The van der Waals surface area contributed by atoms with E-state index in [9.17, 15) is 0 Å². The number of fused-ring (bicyclic) bond motifs is 22. The van der Waals surface area contributed by atoms with E-state index in [2.05, 4.69) is 486 Å². The number of rotatable bonds is 15. The Balaban J connectivity index is 0.547. The van der Waals surface area contributed by atoms with Crippen LogP contribution in [0.5, 0.6) is 0 Å². The van der Waals surface area contributed by atoms with Crippen LogP contribution in [-0.2, 0) is 22.7 Å². The molecule has 4 aromatic heterocycles. The summed E-state index contributed by atoms with van der Waals surface area (Å²) in [5, 5.41) is 9.64. The summed E-state index contributed by atoms with van der Waals surface area (Å²) in [5.74, 6) is 0.157. The highest BCUT2D eigenvalue weighted by molar-refractivity contribution is 7.27. The lowest BCUT2D eigenvalue weighted by Gasteiger charge is -2.58. The summed E-state index contributed by atoms with van der Waals surface area (Å²) >= 11 is 3.84. The number of furan rings is 2. The first-order valence-corrected chi connectivity index (χ1v) is 52.3. The Morgan fingerprint density at radius 2 is 0.688 bits per heavy atom. The summed E-state index contributed by atoms with van der Waals surface area (Å²) in [6.45, 7) is 9.72. The van der Waals surface area contributed by atoms with Gasteiger partial charge in [0.2, 0.25) is 0 Å². The first-order valence-electron chi connectivity index (χ1n) is 50.7. The van der Waals surface area contributed by atoms with Crippen LogP contribution >= 0.6 is 22.7 Å². The molecule has 3 unspecified atom stereocenters. The van der Waals surface area contributed by atoms with Crippen LogP contribution < -0.4 is 9.80 Å². The van der Waals surface area contributed by atoms with Gasteiger partial charge in [0.05, 0.1) is 11.4 Å². The molecule has 21 aromatic carbocycles. The number of hydrogen-bond acceptors (Lipinski definition) is 6. The second-order valence-electron chi connectivity index (χ2n) is 41.8. The smallest absolute Gasteiger partial charge is 0.143 e. The van der Waals surface area contributed by atoms with Gasteiger partial charge in [0.1, 0.15) is 22.3 Å². The summed E-state index contributed by atoms with van der Waals surface area (Å²) in [7, 11) is 0. The van der Waals surface area contributed by atoms with Crippen LogP contribution in [0, 0.1) is 0 Å². The molecule has 25 aromatic rings. The zero-order chi connectivity index (χ0) is 94.8. The second kappa shape index (κ2) is 30.6. The Bertz CT molecular complexity index is 9760. The quantitative estimate of drug-likeness (QED) is 0.102. The van der Waals surface area contributed by atoms with E-state index in [1.54, 1.807) is 0 Å². The Kier molecular flexibility index (Phi) is 17.5. The number of thiophene rings is 2. The van der Waals surface area contributed by atoms with Gasteiger partial charge in [0.25, 0.3) is 0 Å². The highest BCUT2D eigenvalue weighted by Gasteiger charge is 2.70. The van der Waals surface area contributed by atoms with Gasteiger partial charge in [0, 0.05) is 130 Å². The molecule has 678 valence electrons. The Hall–Kier alpha value is -16.7. The number of nitrogens with zero attached hydrogens (tertiary/aromatic N) is 2. The predicted molar refractivity (Wildman–Crippen MR) is 602 cm³/mol. The van der Waals surface area contributed by atoms with Crippen molar-refractivity contribution < 1.29 is 8.83 Å². The molecular formula is C138H92N2O2S2. The van der Waals surface area contributed by atoms with E-state index in [1.807, 2.05) is 22.7 Å². The second-order valence-corrected chi connectivity index (χ2v) is 43.9. The molecule has 0 aliphatic heterocycles. The van der Waals surface area contributed by atoms with Gasteiger partial charge in [-0.05, 0) is 265 Å². The van der Waals surface area contributed by atoms with E-state index >= 15 is 0 Å². The summed E-state index contributed by atoms with van der Waals surface area (Å²) in [4.78, 5) is 5.21. The monoisotopic (exact) mass is 1870 g/mol.